The highest BCUT2D eigenvalue weighted by Gasteiger charge is 2.33. The number of halogens is 2. The number of hydrogen-bond donors (Lipinski definition) is 1. The molecule has 1 unspecified atom stereocenters. The van der Waals surface area contributed by atoms with Crippen molar-refractivity contribution >= 4 is 24.8 Å². The number of benzene rings is 1. The van der Waals surface area contributed by atoms with Crippen LogP contribution in [-0.4, -0.2) is 37.7 Å². The number of hydrogen-bond acceptors (Lipinski definition) is 3. The summed E-state index contributed by atoms with van der Waals surface area (Å²) in [5.74, 6) is 1.84. The van der Waals surface area contributed by atoms with Crippen LogP contribution in [-0.2, 0) is 6.54 Å². The van der Waals surface area contributed by atoms with E-state index in [0.717, 1.165) is 18.2 Å². The maximum Gasteiger partial charge on any atom is 0.119 e. The Balaban J connectivity index is 0.000001000. The molecule has 3 heterocycles. The predicted octanol–water partition coefficient (Wildman–Crippen LogP) is 2.72. The normalized spacial score (nSPS) is 27.4. The second-order valence-corrected chi connectivity index (χ2v) is 5.48. The molecule has 0 spiro atoms. The van der Waals surface area contributed by atoms with Crippen LogP contribution in [0.5, 0.6) is 5.75 Å². The third-order valence-electron chi connectivity index (χ3n) is 4.36. The Hall–Kier alpha value is -0.480. The highest BCUT2D eigenvalue weighted by molar-refractivity contribution is 5.85. The topological polar surface area (TPSA) is 24.5 Å². The standard InChI is InChI=1S/C15H22N2O.2ClH/c1-18-14-4-2-3-12(9-14)10-16-15-11-17-7-5-13(15)6-8-17;;/h2-4,9,13,15-16H,5-8,10-11H2,1H3;2*1H. The largest absolute Gasteiger partial charge is 0.497 e. The van der Waals surface area contributed by atoms with Crippen LogP contribution in [0.3, 0.4) is 0 Å². The Morgan fingerprint density at radius 1 is 1.25 bits per heavy atom. The zero-order valence-electron chi connectivity index (χ0n) is 11.9. The molecule has 4 rings (SSSR count). The predicted molar refractivity (Wildman–Crippen MR) is 87.3 cm³/mol. The second kappa shape index (κ2) is 8.08. The average molecular weight is 319 g/mol. The third-order valence-corrected chi connectivity index (χ3v) is 4.36. The van der Waals surface area contributed by atoms with Gasteiger partial charge in [0.1, 0.15) is 5.75 Å². The first-order chi connectivity index (χ1) is 8.85. The molecule has 5 heteroatoms. The minimum absolute atomic E-state index is 0. The van der Waals surface area contributed by atoms with Gasteiger partial charge in [-0.15, -0.1) is 24.8 Å². The molecule has 114 valence electrons. The lowest BCUT2D eigenvalue weighted by atomic mass is 9.84. The average Bonchev–Trinajstić information content (AvgIpc) is 2.46. The van der Waals surface area contributed by atoms with Gasteiger partial charge in [0.2, 0.25) is 0 Å². The van der Waals surface area contributed by atoms with Gasteiger partial charge in [-0.05, 0) is 49.5 Å². The maximum atomic E-state index is 5.26. The van der Waals surface area contributed by atoms with Crippen molar-refractivity contribution in [3.8, 4) is 5.75 Å². The number of methoxy groups -OCH3 is 1. The molecular formula is C15H24Cl2N2O. The lowest BCUT2D eigenvalue weighted by molar-refractivity contribution is 0.0720. The molecule has 0 aromatic heterocycles. The number of piperidine rings is 3. The summed E-state index contributed by atoms with van der Waals surface area (Å²) in [5.41, 5.74) is 1.31. The van der Waals surface area contributed by atoms with Crippen molar-refractivity contribution in [2.75, 3.05) is 26.7 Å². The van der Waals surface area contributed by atoms with Crippen LogP contribution in [0, 0.1) is 5.92 Å². The molecule has 1 aromatic rings. The second-order valence-electron chi connectivity index (χ2n) is 5.48. The van der Waals surface area contributed by atoms with E-state index in [4.69, 9.17) is 4.74 Å². The summed E-state index contributed by atoms with van der Waals surface area (Å²) in [6, 6.07) is 9.02. The molecule has 3 nitrogen and oxygen atoms in total. The molecule has 3 aliphatic heterocycles. The Bertz CT molecular complexity index is 409. The first kappa shape index (κ1) is 17.6. The van der Waals surface area contributed by atoms with E-state index < -0.39 is 0 Å². The summed E-state index contributed by atoms with van der Waals surface area (Å²) in [5, 5.41) is 3.72. The highest BCUT2D eigenvalue weighted by Crippen LogP contribution is 2.27. The monoisotopic (exact) mass is 318 g/mol. The molecule has 1 aromatic carbocycles. The van der Waals surface area contributed by atoms with E-state index in [1.807, 2.05) is 6.07 Å². The van der Waals surface area contributed by atoms with Gasteiger partial charge in [-0.25, -0.2) is 0 Å². The molecule has 0 radical (unpaired) electrons. The van der Waals surface area contributed by atoms with Crippen LogP contribution in [0.1, 0.15) is 18.4 Å². The fourth-order valence-corrected chi connectivity index (χ4v) is 3.23. The van der Waals surface area contributed by atoms with Gasteiger partial charge in [0.05, 0.1) is 7.11 Å². The number of fused-ring (bicyclic) bond motifs is 3. The van der Waals surface area contributed by atoms with Crippen LogP contribution < -0.4 is 10.1 Å². The van der Waals surface area contributed by atoms with Gasteiger partial charge in [-0.2, -0.15) is 0 Å². The van der Waals surface area contributed by atoms with Gasteiger partial charge in [-0.1, -0.05) is 12.1 Å². The van der Waals surface area contributed by atoms with Crippen molar-refractivity contribution in [2.24, 2.45) is 5.92 Å². The number of rotatable bonds is 4. The fraction of sp³-hybridized carbons (Fsp3) is 0.600. The van der Waals surface area contributed by atoms with Gasteiger partial charge in [0.15, 0.2) is 0 Å². The van der Waals surface area contributed by atoms with Crippen molar-refractivity contribution in [1.29, 1.82) is 0 Å². The molecule has 0 amide bonds. The van der Waals surface area contributed by atoms with Gasteiger partial charge in [0, 0.05) is 19.1 Å². The number of nitrogens with zero attached hydrogens (tertiary/aromatic N) is 1. The number of ether oxygens (including phenoxy) is 1. The zero-order valence-corrected chi connectivity index (χ0v) is 13.5. The highest BCUT2D eigenvalue weighted by atomic mass is 35.5. The summed E-state index contributed by atoms with van der Waals surface area (Å²) >= 11 is 0. The molecule has 20 heavy (non-hydrogen) atoms. The number of nitrogens with one attached hydrogen (secondary N) is 1. The molecule has 3 saturated heterocycles. The summed E-state index contributed by atoms with van der Waals surface area (Å²) < 4.78 is 5.26. The molecule has 1 atom stereocenters. The Morgan fingerprint density at radius 2 is 2.00 bits per heavy atom. The SMILES string of the molecule is COc1cccc(CNC2CN3CCC2CC3)c1.Cl.Cl. The maximum absolute atomic E-state index is 5.26. The van der Waals surface area contributed by atoms with Crippen LogP contribution in [0.2, 0.25) is 0 Å². The van der Waals surface area contributed by atoms with Crippen LogP contribution >= 0.6 is 24.8 Å². The Labute approximate surface area is 133 Å². The first-order valence-electron chi connectivity index (χ1n) is 6.94. The Kier molecular flexibility index (Phi) is 7.10. The molecule has 3 fully saturated rings. The van der Waals surface area contributed by atoms with Gasteiger partial charge >= 0.3 is 0 Å². The van der Waals surface area contributed by atoms with E-state index in [1.54, 1.807) is 7.11 Å². The van der Waals surface area contributed by atoms with Crippen LogP contribution in [0.15, 0.2) is 24.3 Å². The quantitative estimate of drug-likeness (QED) is 0.923. The molecule has 2 bridgehead atoms. The molecule has 0 aliphatic carbocycles. The van der Waals surface area contributed by atoms with E-state index in [9.17, 15) is 0 Å². The van der Waals surface area contributed by atoms with Gasteiger partial charge in [0.25, 0.3) is 0 Å². The molecular weight excluding hydrogens is 295 g/mol. The van der Waals surface area contributed by atoms with Crippen molar-refractivity contribution in [2.45, 2.75) is 25.4 Å². The van der Waals surface area contributed by atoms with E-state index in [2.05, 4.69) is 28.4 Å². The van der Waals surface area contributed by atoms with Crippen molar-refractivity contribution in [3.05, 3.63) is 29.8 Å². The summed E-state index contributed by atoms with van der Waals surface area (Å²) in [7, 11) is 1.72. The summed E-state index contributed by atoms with van der Waals surface area (Å²) in [6.45, 7) is 4.80. The molecule has 1 N–H and O–H groups in total. The third kappa shape index (κ3) is 4.01. The van der Waals surface area contributed by atoms with Crippen molar-refractivity contribution in [1.82, 2.24) is 10.2 Å². The van der Waals surface area contributed by atoms with E-state index in [1.165, 1.54) is 38.0 Å². The lowest BCUT2D eigenvalue weighted by Gasteiger charge is -2.45. The minimum Gasteiger partial charge on any atom is -0.497 e. The first-order valence-corrected chi connectivity index (χ1v) is 6.94. The molecule has 0 saturated carbocycles. The Morgan fingerprint density at radius 3 is 2.60 bits per heavy atom. The summed E-state index contributed by atoms with van der Waals surface area (Å²) in [4.78, 5) is 2.59. The van der Waals surface area contributed by atoms with Gasteiger partial charge < -0.3 is 15.0 Å². The molecule has 3 aliphatic rings. The van der Waals surface area contributed by atoms with E-state index in [-0.39, 0.29) is 24.8 Å². The lowest BCUT2D eigenvalue weighted by Crippen LogP contribution is -2.55. The van der Waals surface area contributed by atoms with Crippen LogP contribution in [0.4, 0.5) is 0 Å². The van der Waals surface area contributed by atoms with Gasteiger partial charge in [-0.3, -0.25) is 0 Å². The zero-order chi connectivity index (χ0) is 12.4. The fourth-order valence-electron chi connectivity index (χ4n) is 3.23. The van der Waals surface area contributed by atoms with Crippen LogP contribution in [0.25, 0.3) is 0 Å². The van der Waals surface area contributed by atoms with Crippen molar-refractivity contribution in [3.63, 3.8) is 0 Å². The van der Waals surface area contributed by atoms with Crippen molar-refractivity contribution < 1.29 is 4.74 Å². The summed E-state index contributed by atoms with van der Waals surface area (Å²) in [6.07, 6.45) is 2.74. The van der Waals surface area contributed by atoms with E-state index in [0.29, 0.717) is 6.04 Å². The smallest absolute Gasteiger partial charge is 0.119 e. The minimum atomic E-state index is 0. The van der Waals surface area contributed by atoms with E-state index >= 15 is 0 Å².